The van der Waals surface area contributed by atoms with E-state index >= 15 is 0 Å². The Morgan fingerprint density at radius 2 is 1.77 bits per heavy atom. The summed E-state index contributed by atoms with van der Waals surface area (Å²) in [6, 6.07) is 12.9. The lowest BCUT2D eigenvalue weighted by Crippen LogP contribution is -2.52. The Kier molecular flexibility index (Phi) is 4.32. The molecule has 2 aromatic carbocycles. The number of imide groups is 1. The molecule has 0 unspecified atom stereocenters. The van der Waals surface area contributed by atoms with Crippen molar-refractivity contribution in [3.63, 3.8) is 0 Å². The topological polar surface area (TPSA) is 75.2 Å². The van der Waals surface area contributed by atoms with Gasteiger partial charge in [0, 0.05) is 32.2 Å². The fraction of sp³-hybridized carbons (Fsp3) is 0.318. The van der Waals surface area contributed by atoms with Gasteiger partial charge in [0.1, 0.15) is 0 Å². The SMILES string of the molecule is O=C1C[C@H](N2CCN(c3nc4ccccc4s3)CC2)C(=O)N1c1ccc2c(c1)OCO2. The summed E-state index contributed by atoms with van der Waals surface area (Å²) in [5.74, 6) is 0.844. The average molecular weight is 436 g/mol. The maximum Gasteiger partial charge on any atom is 0.251 e. The number of rotatable bonds is 3. The molecular formula is C22H20N4O4S. The molecule has 0 spiro atoms. The monoisotopic (exact) mass is 436 g/mol. The summed E-state index contributed by atoms with van der Waals surface area (Å²) in [5.41, 5.74) is 1.55. The first-order valence-electron chi connectivity index (χ1n) is 10.3. The lowest BCUT2D eigenvalue weighted by atomic mass is 10.2. The molecule has 0 radical (unpaired) electrons. The highest BCUT2D eigenvalue weighted by atomic mass is 32.1. The zero-order valence-electron chi connectivity index (χ0n) is 16.7. The van der Waals surface area contributed by atoms with Crippen LogP contribution in [0.15, 0.2) is 42.5 Å². The molecule has 2 saturated heterocycles. The molecule has 1 aromatic heterocycles. The highest BCUT2D eigenvalue weighted by Crippen LogP contribution is 2.37. The molecule has 0 aliphatic carbocycles. The van der Waals surface area contributed by atoms with E-state index in [2.05, 4.69) is 15.9 Å². The molecule has 3 aliphatic rings. The molecule has 2 fully saturated rings. The summed E-state index contributed by atoms with van der Waals surface area (Å²) in [4.78, 5) is 36.3. The minimum atomic E-state index is -0.421. The molecule has 2 amide bonds. The first kappa shape index (κ1) is 18.6. The van der Waals surface area contributed by atoms with E-state index < -0.39 is 6.04 Å². The number of carbonyl (C=O) groups excluding carboxylic acids is 2. The molecule has 9 heteroatoms. The van der Waals surface area contributed by atoms with Gasteiger partial charge in [-0.1, -0.05) is 23.5 Å². The molecule has 1 atom stereocenters. The van der Waals surface area contributed by atoms with Crippen LogP contribution < -0.4 is 19.3 Å². The first-order valence-corrected chi connectivity index (χ1v) is 11.1. The number of amides is 2. The fourth-order valence-corrected chi connectivity index (χ4v) is 5.43. The molecule has 6 rings (SSSR count). The lowest BCUT2D eigenvalue weighted by molar-refractivity contribution is -0.123. The van der Waals surface area contributed by atoms with Crippen LogP contribution in [0.5, 0.6) is 11.5 Å². The summed E-state index contributed by atoms with van der Waals surface area (Å²) in [6.07, 6.45) is 0.203. The number of fused-ring (bicyclic) bond motifs is 2. The third-order valence-corrected chi connectivity index (χ3v) is 7.14. The van der Waals surface area contributed by atoms with Gasteiger partial charge in [-0.05, 0) is 24.3 Å². The molecule has 31 heavy (non-hydrogen) atoms. The van der Waals surface area contributed by atoms with Gasteiger partial charge in [0.15, 0.2) is 16.6 Å². The highest BCUT2D eigenvalue weighted by molar-refractivity contribution is 7.22. The third-order valence-electron chi connectivity index (χ3n) is 6.05. The van der Waals surface area contributed by atoms with E-state index in [0.717, 1.165) is 23.7 Å². The number of carbonyl (C=O) groups is 2. The third kappa shape index (κ3) is 3.12. The summed E-state index contributed by atoms with van der Waals surface area (Å²) in [5, 5.41) is 1.01. The number of thiazole rings is 1. The summed E-state index contributed by atoms with van der Waals surface area (Å²) < 4.78 is 11.9. The Balaban J connectivity index is 1.16. The van der Waals surface area contributed by atoms with Gasteiger partial charge >= 0.3 is 0 Å². The Morgan fingerprint density at radius 1 is 0.968 bits per heavy atom. The first-order chi connectivity index (χ1) is 15.2. The number of anilines is 2. The molecule has 158 valence electrons. The number of ether oxygens (including phenoxy) is 2. The Bertz CT molecular complexity index is 1150. The van der Waals surface area contributed by atoms with Crippen LogP contribution >= 0.6 is 11.3 Å². The normalized spacial score (nSPS) is 21.5. The quantitative estimate of drug-likeness (QED) is 0.584. The molecule has 0 bridgehead atoms. The van der Waals surface area contributed by atoms with Crippen molar-refractivity contribution in [2.45, 2.75) is 12.5 Å². The highest BCUT2D eigenvalue weighted by Gasteiger charge is 2.43. The standard InChI is InChI=1S/C22H20N4O4S/c27-20-12-16(21(28)26(20)14-5-6-17-18(11-14)30-13-29-17)24-7-9-25(10-8-24)22-23-15-3-1-2-4-19(15)31-22/h1-6,11,16H,7-10,12-13H2/t16-/m0/s1. The number of para-hydroxylation sites is 1. The fourth-order valence-electron chi connectivity index (χ4n) is 4.42. The van der Waals surface area contributed by atoms with Crippen LogP contribution in [0.1, 0.15) is 6.42 Å². The van der Waals surface area contributed by atoms with E-state index in [1.807, 2.05) is 18.2 Å². The van der Waals surface area contributed by atoms with Crippen LogP contribution in [-0.2, 0) is 9.59 Å². The van der Waals surface area contributed by atoms with Crippen LogP contribution in [-0.4, -0.2) is 60.7 Å². The minimum absolute atomic E-state index is 0.155. The van der Waals surface area contributed by atoms with E-state index in [4.69, 9.17) is 14.5 Å². The van der Waals surface area contributed by atoms with Crippen molar-refractivity contribution in [3.05, 3.63) is 42.5 Å². The zero-order valence-corrected chi connectivity index (χ0v) is 17.5. The summed E-state index contributed by atoms with van der Waals surface area (Å²) in [6.45, 7) is 3.15. The van der Waals surface area contributed by atoms with Gasteiger partial charge in [-0.3, -0.25) is 14.5 Å². The van der Waals surface area contributed by atoms with Crippen molar-refractivity contribution < 1.29 is 19.1 Å². The van der Waals surface area contributed by atoms with Crippen molar-refractivity contribution in [2.24, 2.45) is 0 Å². The van der Waals surface area contributed by atoms with Crippen molar-refractivity contribution in [3.8, 4) is 11.5 Å². The molecule has 0 N–H and O–H groups in total. The number of hydrogen-bond donors (Lipinski definition) is 0. The zero-order chi connectivity index (χ0) is 20.9. The molecule has 0 saturated carbocycles. The second-order valence-electron chi connectivity index (χ2n) is 7.81. The van der Waals surface area contributed by atoms with Gasteiger partial charge in [-0.2, -0.15) is 0 Å². The largest absolute Gasteiger partial charge is 0.454 e. The van der Waals surface area contributed by atoms with E-state index in [1.165, 1.54) is 9.60 Å². The Hall–Kier alpha value is -3.17. The van der Waals surface area contributed by atoms with Crippen molar-refractivity contribution >= 4 is 44.2 Å². The molecular weight excluding hydrogens is 416 g/mol. The van der Waals surface area contributed by atoms with Crippen molar-refractivity contribution in [1.82, 2.24) is 9.88 Å². The van der Waals surface area contributed by atoms with Crippen molar-refractivity contribution in [1.29, 1.82) is 0 Å². The van der Waals surface area contributed by atoms with Gasteiger partial charge in [-0.15, -0.1) is 0 Å². The molecule has 4 heterocycles. The van der Waals surface area contributed by atoms with E-state index in [0.29, 0.717) is 30.3 Å². The Morgan fingerprint density at radius 3 is 2.61 bits per heavy atom. The van der Waals surface area contributed by atoms with Crippen LogP contribution in [0, 0.1) is 0 Å². The van der Waals surface area contributed by atoms with Crippen LogP contribution in [0.25, 0.3) is 10.2 Å². The van der Waals surface area contributed by atoms with Crippen LogP contribution in [0.3, 0.4) is 0 Å². The summed E-state index contributed by atoms with van der Waals surface area (Å²) in [7, 11) is 0. The van der Waals surface area contributed by atoms with E-state index in [9.17, 15) is 9.59 Å². The van der Waals surface area contributed by atoms with Gasteiger partial charge in [0.2, 0.25) is 12.7 Å². The second-order valence-corrected chi connectivity index (χ2v) is 8.82. The minimum Gasteiger partial charge on any atom is -0.454 e. The number of nitrogens with zero attached hydrogens (tertiary/aromatic N) is 4. The molecule has 3 aliphatic heterocycles. The van der Waals surface area contributed by atoms with Gasteiger partial charge < -0.3 is 14.4 Å². The second kappa shape index (κ2) is 7.21. The van der Waals surface area contributed by atoms with Gasteiger partial charge in [-0.25, -0.2) is 9.88 Å². The van der Waals surface area contributed by atoms with Crippen molar-refractivity contribution in [2.75, 3.05) is 42.8 Å². The molecule has 3 aromatic rings. The smallest absolute Gasteiger partial charge is 0.251 e. The maximum atomic E-state index is 13.2. The predicted molar refractivity (Wildman–Crippen MR) is 117 cm³/mol. The number of hydrogen-bond acceptors (Lipinski definition) is 8. The van der Waals surface area contributed by atoms with Crippen LogP contribution in [0.2, 0.25) is 0 Å². The van der Waals surface area contributed by atoms with Gasteiger partial charge in [0.25, 0.3) is 5.91 Å². The van der Waals surface area contributed by atoms with E-state index in [1.54, 1.807) is 29.5 Å². The van der Waals surface area contributed by atoms with Gasteiger partial charge in [0.05, 0.1) is 28.4 Å². The number of piperazine rings is 1. The maximum absolute atomic E-state index is 13.2. The van der Waals surface area contributed by atoms with E-state index in [-0.39, 0.29) is 25.0 Å². The summed E-state index contributed by atoms with van der Waals surface area (Å²) >= 11 is 1.69. The number of aromatic nitrogens is 1. The van der Waals surface area contributed by atoms with Crippen LogP contribution in [0.4, 0.5) is 10.8 Å². The predicted octanol–water partition coefficient (Wildman–Crippen LogP) is 2.48. The Labute approximate surface area is 182 Å². The lowest BCUT2D eigenvalue weighted by Gasteiger charge is -2.36. The molecule has 8 nitrogen and oxygen atoms in total. The number of benzene rings is 2. The average Bonchev–Trinajstić information content (AvgIpc) is 3.50.